The summed E-state index contributed by atoms with van der Waals surface area (Å²) in [7, 11) is 0. The second-order valence-corrected chi connectivity index (χ2v) is 6.70. The van der Waals surface area contributed by atoms with Gasteiger partial charge in [-0.25, -0.2) is 4.79 Å². The van der Waals surface area contributed by atoms with Gasteiger partial charge in [0, 0.05) is 12.1 Å². The summed E-state index contributed by atoms with van der Waals surface area (Å²) in [6.45, 7) is 6.96. The third kappa shape index (κ3) is 5.07. The van der Waals surface area contributed by atoms with E-state index >= 15 is 0 Å². The van der Waals surface area contributed by atoms with Crippen molar-refractivity contribution in [2.75, 3.05) is 38.0 Å². The van der Waals surface area contributed by atoms with Crippen molar-refractivity contribution in [3.63, 3.8) is 0 Å². The molecule has 0 bridgehead atoms. The van der Waals surface area contributed by atoms with E-state index in [2.05, 4.69) is 54.7 Å². The fraction of sp³-hybridized carbons (Fsp3) is 0.381. The monoisotopic (exact) mass is 338 g/mol. The van der Waals surface area contributed by atoms with E-state index in [1.807, 2.05) is 17.0 Å². The molecule has 2 aromatic rings. The molecule has 1 saturated heterocycles. The maximum Gasteiger partial charge on any atom is 0.322 e. The Hall–Kier alpha value is -2.33. The SMILES string of the molecule is CCc1ccc(NC(=O)N2CC[NH+](CCc3ccccc3)CC2)cc1. The van der Waals surface area contributed by atoms with E-state index in [1.165, 1.54) is 11.1 Å². The highest BCUT2D eigenvalue weighted by Gasteiger charge is 2.23. The van der Waals surface area contributed by atoms with Crippen LogP contribution in [-0.4, -0.2) is 43.7 Å². The number of carbonyl (C=O) groups excluding carboxylic acids is 1. The summed E-state index contributed by atoms with van der Waals surface area (Å²) in [5.74, 6) is 0. The van der Waals surface area contributed by atoms with E-state index < -0.39 is 0 Å². The van der Waals surface area contributed by atoms with E-state index in [1.54, 1.807) is 4.90 Å². The molecule has 1 heterocycles. The van der Waals surface area contributed by atoms with Gasteiger partial charge in [-0.05, 0) is 29.7 Å². The molecule has 1 aliphatic heterocycles. The number of aryl methyl sites for hydroxylation is 1. The van der Waals surface area contributed by atoms with Crippen LogP contribution in [-0.2, 0) is 12.8 Å². The number of amides is 2. The Morgan fingerprint density at radius 1 is 1.00 bits per heavy atom. The van der Waals surface area contributed by atoms with Crippen molar-refractivity contribution >= 4 is 11.7 Å². The molecule has 0 unspecified atom stereocenters. The van der Waals surface area contributed by atoms with Crippen LogP contribution in [0.2, 0.25) is 0 Å². The number of nitrogens with one attached hydrogen (secondary N) is 2. The van der Waals surface area contributed by atoms with E-state index in [-0.39, 0.29) is 6.03 Å². The molecule has 4 heteroatoms. The van der Waals surface area contributed by atoms with E-state index in [0.717, 1.165) is 51.3 Å². The first kappa shape index (κ1) is 17.5. The average molecular weight is 338 g/mol. The number of carbonyl (C=O) groups is 1. The Morgan fingerprint density at radius 3 is 2.32 bits per heavy atom. The first-order valence-electron chi connectivity index (χ1n) is 9.27. The van der Waals surface area contributed by atoms with Gasteiger partial charge in [-0.2, -0.15) is 0 Å². The van der Waals surface area contributed by atoms with Gasteiger partial charge in [0.05, 0.1) is 32.7 Å². The lowest BCUT2D eigenvalue weighted by Crippen LogP contribution is -3.15. The molecule has 3 rings (SSSR count). The van der Waals surface area contributed by atoms with E-state index in [4.69, 9.17) is 0 Å². The number of rotatable bonds is 5. The average Bonchev–Trinajstić information content (AvgIpc) is 2.68. The molecule has 0 spiro atoms. The standard InChI is InChI=1S/C21H27N3O/c1-2-18-8-10-20(11-9-18)22-21(25)24-16-14-23(15-17-24)13-12-19-6-4-3-5-7-19/h3-11H,2,12-17H2,1H3,(H,22,25)/p+1. The van der Waals surface area contributed by atoms with Crippen molar-refractivity contribution in [1.82, 2.24) is 4.90 Å². The van der Waals surface area contributed by atoms with Gasteiger partial charge in [0.15, 0.2) is 0 Å². The lowest BCUT2D eigenvalue weighted by Gasteiger charge is -2.32. The summed E-state index contributed by atoms with van der Waals surface area (Å²) >= 11 is 0. The molecule has 2 amide bonds. The Bertz CT molecular complexity index is 661. The summed E-state index contributed by atoms with van der Waals surface area (Å²) in [5.41, 5.74) is 3.56. The van der Waals surface area contributed by atoms with Crippen LogP contribution >= 0.6 is 0 Å². The molecule has 0 radical (unpaired) electrons. The molecule has 2 N–H and O–H groups in total. The molecule has 132 valence electrons. The number of quaternary nitrogens is 1. The number of nitrogens with zero attached hydrogens (tertiary/aromatic N) is 1. The first-order valence-corrected chi connectivity index (χ1v) is 9.27. The number of urea groups is 1. The van der Waals surface area contributed by atoms with Gasteiger partial charge < -0.3 is 15.1 Å². The Kier molecular flexibility index (Phi) is 6.07. The van der Waals surface area contributed by atoms with Crippen molar-refractivity contribution in [3.8, 4) is 0 Å². The van der Waals surface area contributed by atoms with Crippen molar-refractivity contribution in [1.29, 1.82) is 0 Å². The minimum Gasteiger partial charge on any atom is -0.332 e. The molecular weight excluding hydrogens is 310 g/mol. The van der Waals surface area contributed by atoms with E-state index in [0.29, 0.717) is 0 Å². The van der Waals surface area contributed by atoms with Gasteiger partial charge in [0.25, 0.3) is 0 Å². The predicted molar refractivity (Wildman–Crippen MR) is 102 cm³/mol. The largest absolute Gasteiger partial charge is 0.332 e. The fourth-order valence-electron chi connectivity index (χ4n) is 3.27. The van der Waals surface area contributed by atoms with Crippen LogP contribution in [0.15, 0.2) is 54.6 Å². The summed E-state index contributed by atoms with van der Waals surface area (Å²) in [6, 6.07) is 18.8. The van der Waals surface area contributed by atoms with Crippen LogP contribution in [0.1, 0.15) is 18.1 Å². The molecule has 4 nitrogen and oxygen atoms in total. The Balaban J connectivity index is 1.42. The van der Waals surface area contributed by atoms with E-state index in [9.17, 15) is 4.79 Å². The van der Waals surface area contributed by atoms with Crippen LogP contribution in [0.3, 0.4) is 0 Å². The lowest BCUT2D eigenvalue weighted by atomic mass is 10.1. The third-order valence-electron chi connectivity index (χ3n) is 4.98. The Labute approximate surface area is 150 Å². The zero-order chi connectivity index (χ0) is 17.5. The van der Waals surface area contributed by atoms with Gasteiger partial charge in [-0.3, -0.25) is 0 Å². The molecule has 0 aromatic heterocycles. The molecule has 0 atom stereocenters. The zero-order valence-electron chi connectivity index (χ0n) is 15.0. The van der Waals surface area contributed by atoms with Crippen LogP contribution in [0.5, 0.6) is 0 Å². The number of anilines is 1. The second kappa shape index (κ2) is 8.67. The van der Waals surface area contributed by atoms with Gasteiger partial charge in [-0.15, -0.1) is 0 Å². The summed E-state index contributed by atoms with van der Waals surface area (Å²) in [6.07, 6.45) is 2.12. The van der Waals surface area contributed by atoms with Crippen LogP contribution in [0, 0.1) is 0 Å². The maximum absolute atomic E-state index is 12.4. The molecule has 0 saturated carbocycles. The lowest BCUT2D eigenvalue weighted by molar-refractivity contribution is -0.903. The summed E-state index contributed by atoms with van der Waals surface area (Å²) < 4.78 is 0. The van der Waals surface area contributed by atoms with Crippen molar-refractivity contribution < 1.29 is 9.69 Å². The predicted octanol–water partition coefficient (Wildman–Crippen LogP) is 2.22. The third-order valence-corrected chi connectivity index (χ3v) is 4.98. The van der Waals surface area contributed by atoms with Gasteiger partial charge >= 0.3 is 6.03 Å². The van der Waals surface area contributed by atoms with Crippen molar-refractivity contribution in [2.24, 2.45) is 0 Å². The number of benzene rings is 2. The van der Waals surface area contributed by atoms with Gasteiger partial charge in [-0.1, -0.05) is 49.4 Å². The summed E-state index contributed by atoms with van der Waals surface area (Å²) in [5, 5.41) is 3.01. The normalized spacial score (nSPS) is 15.2. The molecule has 0 aliphatic carbocycles. The zero-order valence-corrected chi connectivity index (χ0v) is 15.0. The number of hydrogen-bond acceptors (Lipinski definition) is 1. The topological polar surface area (TPSA) is 36.8 Å². The fourth-order valence-corrected chi connectivity index (χ4v) is 3.27. The van der Waals surface area contributed by atoms with Gasteiger partial charge in [0.1, 0.15) is 0 Å². The van der Waals surface area contributed by atoms with Crippen molar-refractivity contribution in [3.05, 3.63) is 65.7 Å². The highest BCUT2D eigenvalue weighted by Crippen LogP contribution is 2.11. The van der Waals surface area contributed by atoms with Crippen LogP contribution in [0.4, 0.5) is 10.5 Å². The smallest absolute Gasteiger partial charge is 0.322 e. The Morgan fingerprint density at radius 2 is 1.68 bits per heavy atom. The van der Waals surface area contributed by atoms with Crippen LogP contribution in [0.25, 0.3) is 0 Å². The van der Waals surface area contributed by atoms with Crippen LogP contribution < -0.4 is 10.2 Å². The molecule has 2 aromatic carbocycles. The highest BCUT2D eigenvalue weighted by molar-refractivity contribution is 5.89. The minimum absolute atomic E-state index is 0.0198. The summed E-state index contributed by atoms with van der Waals surface area (Å²) in [4.78, 5) is 15.9. The van der Waals surface area contributed by atoms with Gasteiger partial charge in [0.2, 0.25) is 0 Å². The molecule has 1 fully saturated rings. The first-order chi connectivity index (χ1) is 12.2. The molecule has 25 heavy (non-hydrogen) atoms. The highest BCUT2D eigenvalue weighted by atomic mass is 16.2. The quantitative estimate of drug-likeness (QED) is 0.862. The number of hydrogen-bond donors (Lipinski definition) is 2. The van der Waals surface area contributed by atoms with Crippen molar-refractivity contribution in [2.45, 2.75) is 19.8 Å². The number of piperazine rings is 1. The molecular formula is C21H28N3O+. The maximum atomic E-state index is 12.4. The molecule has 1 aliphatic rings. The second-order valence-electron chi connectivity index (χ2n) is 6.70. The minimum atomic E-state index is 0.0198.